The Morgan fingerprint density at radius 1 is 1.00 bits per heavy atom. The summed E-state index contributed by atoms with van der Waals surface area (Å²) < 4.78 is 0. The number of nitrogens with zero attached hydrogens (tertiary/aromatic N) is 1. The minimum Gasteiger partial charge on any atom is -0.352 e. The molecule has 0 radical (unpaired) electrons. The van der Waals surface area contributed by atoms with E-state index in [1.807, 2.05) is 75.4 Å². The van der Waals surface area contributed by atoms with Gasteiger partial charge in [-0.1, -0.05) is 48.0 Å². The van der Waals surface area contributed by atoms with Gasteiger partial charge >= 0.3 is 0 Å². The first kappa shape index (κ1) is 21.0. The summed E-state index contributed by atoms with van der Waals surface area (Å²) in [5, 5.41) is 2.91. The molecule has 0 unspecified atom stereocenters. The fourth-order valence-electron chi connectivity index (χ4n) is 2.62. The molecule has 5 heteroatoms. The Balaban J connectivity index is 2.12. The average Bonchev–Trinajstić information content (AvgIpc) is 2.65. The molecule has 0 fully saturated rings. The van der Waals surface area contributed by atoms with Crippen molar-refractivity contribution in [3.63, 3.8) is 0 Å². The van der Waals surface area contributed by atoms with E-state index in [0.717, 1.165) is 10.5 Å². The summed E-state index contributed by atoms with van der Waals surface area (Å²) >= 11 is 1.49. The van der Waals surface area contributed by atoms with E-state index in [4.69, 9.17) is 0 Å². The van der Waals surface area contributed by atoms with Gasteiger partial charge in [-0.25, -0.2) is 0 Å². The van der Waals surface area contributed by atoms with Gasteiger partial charge < -0.3 is 10.2 Å². The number of carbonyl (C=O) groups is 2. The molecular weight excluding hydrogens is 356 g/mol. The molecule has 0 aromatic heterocycles. The first-order valence-electron chi connectivity index (χ1n) is 9.20. The highest BCUT2D eigenvalue weighted by atomic mass is 32.2. The van der Waals surface area contributed by atoms with Crippen molar-refractivity contribution in [3.8, 4) is 0 Å². The summed E-state index contributed by atoms with van der Waals surface area (Å²) in [5.74, 6) is 0.126. The summed E-state index contributed by atoms with van der Waals surface area (Å²) in [6.07, 6.45) is 0. The molecule has 0 aliphatic heterocycles. The van der Waals surface area contributed by atoms with Crippen LogP contribution in [-0.4, -0.2) is 34.6 Å². The molecule has 1 N–H and O–H groups in total. The lowest BCUT2D eigenvalue weighted by Gasteiger charge is -2.29. The molecule has 0 bridgehead atoms. The summed E-state index contributed by atoms with van der Waals surface area (Å²) in [6.45, 7) is 8.07. The molecule has 0 saturated carbocycles. The highest BCUT2D eigenvalue weighted by Gasteiger charge is 2.26. The van der Waals surface area contributed by atoms with Crippen LogP contribution in [0.25, 0.3) is 0 Å². The number of benzene rings is 2. The van der Waals surface area contributed by atoms with E-state index in [0.29, 0.717) is 12.3 Å². The molecule has 2 aromatic carbocycles. The summed E-state index contributed by atoms with van der Waals surface area (Å²) in [6, 6.07) is 17.4. The zero-order valence-corrected chi connectivity index (χ0v) is 17.3. The van der Waals surface area contributed by atoms with Gasteiger partial charge in [0, 0.05) is 17.5 Å². The van der Waals surface area contributed by atoms with E-state index in [1.165, 1.54) is 17.3 Å². The second kappa shape index (κ2) is 10.2. The molecule has 27 heavy (non-hydrogen) atoms. The van der Waals surface area contributed by atoms with Crippen LogP contribution in [0.5, 0.6) is 0 Å². The lowest BCUT2D eigenvalue weighted by Crippen LogP contribution is -2.49. The van der Waals surface area contributed by atoms with Crippen LogP contribution in [0, 0.1) is 6.92 Å². The number of hydrogen-bond acceptors (Lipinski definition) is 3. The van der Waals surface area contributed by atoms with Crippen LogP contribution in [-0.2, 0) is 16.1 Å². The smallest absolute Gasteiger partial charge is 0.242 e. The Bertz CT molecular complexity index is 745. The van der Waals surface area contributed by atoms with Gasteiger partial charge in [0.15, 0.2) is 0 Å². The van der Waals surface area contributed by atoms with Gasteiger partial charge in [-0.3, -0.25) is 9.59 Å². The number of aryl methyl sites for hydroxylation is 1. The van der Waals surface area contributed by atoms with Crippen molar-refractivity contribution in [2.75, 3.05) is 5.75 Å². The van der Waals surface area contributed by atoms with Gasteiger partial charge in [-0.05, 0) is 45.4 Å². The number of carbonyl (C=O) groups excluding carboxylic acids is 2. The number of nitrogens with one attached hydrogen (secondary N) is 1. The highest BCUT2D eigenvalue weighted by molar-refractivity contribution is 8.00. The Hall–Kier alpha value is -2.27. The van der Waals surface area contributed by atoms with Crippen LogP contribution in [0.4, 0.5) is 0 Å². The van der Waals surface area contributed by atoms with Crippen LogP contribution in [0.2, 0.25) is 0 Å². The molecule has 0 aliphatic carbocycles. The minimum atomic E-state index is -0.530. The molecule has 144 valence electrons. The SMILES string of the molecule is Cc1ccc(CN(C(=O)CSc2ccccc2)[C@H](C)C(=O)NC(C)C)cc1. The van der Waals surface area contributed by atoms with Gasteiger partial charge in [0.25, 0.3) is 0 Å². The predicted octanol–water partition coefficient (Wildman–Crippen LogP) is 4.03. The lowest BCUT2D eigenvalue weighted by molar-refractivity contribution is -0.138. The van der Waals surface area contributed by atoms with E-state index in [2.05, 4.69) is 5.32 Å². The summed E-state index contributed by atoms with van der Waals surface area (Å²) in [5.41, 5.74) is 2.18. The van der Waals surface area contributed by atoms with E-state index < -0.39 is 6.04 Å². The Morgan fingerprint density at radius 3 is 2.22 bits per heavy atom. The Labute approximate surface area is 166 Å². The van der Waals surface area contributed by atoms with Crippen molar-refractivity contribution in [3.05, 3.63) is 65.7 Å². The van der Waals surface area contributed by atoms with Crippen molar-refractivity contribution in [1.82, 2.24) is 10.2 Å². The van der Waals surface area contributed by atoms with Crippen molar-refractivity contribution in [2.45, 2.75) is 51.2 Å². The third kappa shape index (κ3) is 6.75. The molecule has 0 aliphatic rings. The van der Waals surface area contributed by atoms with Gasteiger partial charge in [0.05, 0.1) is 5.75 Å². The molecule has 0 spiro atoms. The molecule has 4 nitrogen and oxygen atoms in total. The molecule has 1 atom stereocenters. The third-order valence-electron chi connectivity index (χ3n) is 4.18. The van der Waals surface area contributed by atoms with E-state index >= 15 is 0 Å². The molecule has 2 aromatic rings. The Morgan fingerprint density at radius 2 is 1.63 bits per heavy atom. The number of hydrogen-bond donors (Lipinski definition) is 1. The maximum Gasteiger partial charge on any atom is 0.242 e. The van der Waals surface area contributed by atoms with E-state index in [1.54, 1.807) is 11.8 Å². The standard InChI is InChI=1S/C22H28N2O2S/c1-16(2)23-22(26)18(4)24(14-19-12-10-17(3)11-13-19)21(25)15-27-20-8-6-5-7-9-20/h5-13,16,18H,14-15H2,1-4H3,(H,23,26)/t18-/m1/s1. The van der Waals surface area contributed by atoms with Crippen molar-refractivity contribution in [1.29, 1.82) is 0 Å². The second-order valence-corrected chi connectivity index (χ2v) is 8.00. The quantitative estimate of drug-likeness (QED) is 0.699. The summed E-state index contributed by atoms with van der Waals surface area (Å²) in [7, 11) is 0. The van der Waals surface area contributed by atoms with Gasteiger partial charge in [0.2, 0.25) is 11.8 Å². The zero-order chi connectivity index (χ0) is 19.8. The van der Waals surface area contributed by atoms with Crippen LogP contribution in [0.15, 0.2) is 59.5 Å². The first-order chi connectivity index (χ1) is 12.9. The van der Waals surface area contributed by atoms with Crippen molar-refractivity contribution < 1.29 is 9.59 Å². The Kier molecular flexibility index (Phi) is 7.92. The van der Waals surface area contributed by atoms with Gasteiger partial charge in [0.1, 0.15) is 6.04 Å². The van der Waals surface area contributed by atoms with Gasteiger partial charge in [-0.2, -0.15) is 0 Å². The average molecular weight is 385 g/mol. The maximum absolute atomic E-state index is 12.9. The topological polar surface area (TPSA) is 49.4 Å². The maximum atomic E-state index is 12.9. The van der Waals surface area contributed by atoms with E-state index in [9.17, 15) is 9.59 Å². The fourth-order valence-corrected chi connectivity index (χ4v) is 3.43. The monoisotopic (exact) mass is 384 g/mol. The molecule has 2 rings (SSSR count). The van der Waals surface area contributed by atoms with E-state index in [-0.39, 0.29) is 17.9 Å². The lowest BCUT2D eigenvalue weighted by atomic mass is 10.1. The highest BCUT2D eigenvalue weighted by Crippen LogP contribution is 2.19. The van der Waals surface area contributed by atoms with Crippen molar-refractivity contribution >= 4 is 23.6 Å². The molecule has 2 amide bonds. The number of rotatable bonds is 8. The second-order valence-electron chi connectivity index (χ2n) is 6.95. The van der Waals surface area contributed by atoms with Crippen molar-refractivity contribution in [2.24, 2.45) is 0 Å². The summed E-state index contributed by atoms with van der Waals surface area (Å²) in [4.78, 5) is 28.2. The van der Waals surface area contributed by atoms with Crippen LogP contribution in [0.1, 0.15) is 31.9 Å². The van der Waals surface area contributed by atoms with Crippen LogP contribution in [0.3, 0.4) is 0 Å². The number of amides is 2. The molecule has 0 heterocycles. The largest absolute Gasteiger partial charge is 0.352 e. The third-order valence-corrected chi connectivity index (χ3v) is 5.17. The molecular formula is C22H28N2O2S. The van der Waals surface area contributed by atoms with Gasteiger partial charge in [-0.15, -0.1) is 11.8 Å². The zero-order valence-electron chi connectivity index (χ0n) is 16.4. The molecule has 0 saturated heterocycles. The van der Waals surface area contributed by atoms with Crippen LogP contribution >= 0.6 is 11.8 Å². The fraction of sp³-hybridized carbons (Fsp3) is 0.364. The first-order valence-corrected chi connectivity index (χ1v) is 10.2. The van der Waals surface area contributed by atoms with Crippen LogP contribution < -0.4 is 5.32 Å². The predicted molar refractivity (Wildman–Crippen MR) is 112 cm³/mol. The minimum absolute atomic E-state index is 0.0370. The number of thioether (sulfide) groups is 1. The normalized spacial score (nSPS) is 11.9.